The van der Waals surface area contributed by atoms with Gasteiger partial charge in [0.15, 0.2) is 23.2 Å². The second-order valence-corrected chi connectivity index (χ2v) is 16.8. The van der Waals surface area contributed by atoms with Gasteiger partial charge in [0.25, 0.3) is 0 Å². The third-order valence-corrected chi connectivity index (χ3v) is 12.7. The molecule has 56 heavy (non-hydrogen) atoms. The predicted octanol–water partition coefficient (Wildman–Crippen LogP) is 7.75. The van der Waals surface area contributed by atoms with Crippen LogP contribution in [-0.2, 0) is 22.4 Å². The number of carbonyl (C=O) groups is 1. The maximum Gasteiger partial charge on any atom is 0.186 e. The third-order valence-electron chi connectivity index (χ3n) is 12.7. The SMILES string of the molecule is CCCC(=CC(=O)CCc1cc(OC2CCCC2)c(O)c2c1C#C[C@@H]1[C@@H](Cc3ccccc3)C#CC[C@@H](C)C[C@@H]3CC[C@H](OC)[C@@H](CC[C@H]1N=C(N)N)C23)CO. The number of nitrogens with zero attached hydrogens (tertiary/aromatic N) is 1. The standard InChI is InChI=1S/C48H63N3O5/c1-4-11-33(30-52)28-37(53)20-18-35-29-44(56-38-16-8-9-17-38)47(54)46-40(35)22-21-39-34(27-32-13-6-5-7-14-32)15-10-12-31(2)26-36-19-25-43(55-3)41(45(36)46)23-24-42(39)51-48(49)50/h5-7,13-14,28-29,31,34,36,38-39,41-43,45,52,54H,4,8-9,11-12,16-20,23-27,30H2,1-3H3,(H4,49,50,51)/t31-,34-,36+,39-,41-,42-,43+,45?/m1/s1. The first-order valence-corrected chi connectivity index (χ1v) is 21.2. The lowest BCUT2D eigenvalue weighted by atomic mass is 9.62. The van der Waals surface area contributed by atoms with Crippen LogP contribution in [0.3, 0.4) is 0 Å². The molecule has 2 saturated carbocycles. The Kier molecular flexibility index (Phi) is 14.6. The van der Waals surface area contributed by atoms with Crippen molar-refractivity contribution in [3.8, 4) is 35.2 Å². The number of hydrogen-bond acceptors (Lipinski definition) is 6. The average Bonchev–Trinajstić information content (AvgIpc) is 3.70. The van der Waals surface area contributed by atoms with Crippen molar-refractivity contribution < 1.29 is 24.5 Å². The zero-order valence-corrected chi connectivity index (χ0v) is 33.8. The minimum absolute atomic E-state index is 0.0301. The summed E-state index contributed by atoms with van der Waals surface area (Å²) in [7, 11) is 1.81. The fourth-order valence-corrected chi connectivity index (χ4v) is 10.1. The molecule has 0 amide bonds. The van der Waals surface area contributed by atoms with Crippen molar-refractivity contribution in [2.45, 2.75) is 134 Å². The highest BCUT2D eigenvalue weighted by Crippen LogP contribution is 2.54. The molecule has 8 heteroatoms. The molecule has 5 aliphatic rings. The molecule has 0 aromatic heterocycles. The topological polar surface area (TPSA) is 140 Å². The van der Waals surface area contributed by atoms with E-state index < -0.39 is 0 Å². The molecule has 1 unspecified atom stereocenters. The lowest BCUT2D eigenvalue weighted by Crippen LogP contribution is -2.40. The molecule has 0 spiro atoms. The fourth-order valence-electron chi connectivity index (χ4n) is 10.1. The molecule has 7 rings (SSSR count). The number of benzene rings is 2. The Balaban J connectivity index is 1.60. The van der Waals surface area contributed by atoms with Crippen LogP contribution in [0, 0.1) is 53.3 Å². The highest BCUT2D eigenvalue weighted by molar-refractivity contribution is 5.90. The summed E-state index contributed by atoms with van der Waals surface area (Å²) < 4.78 is 13.0. The minimum atomic E-state index is -0.319. The van der Waals surface area contributed by atoms with Crippen LogP contribution in [0.25, 0.3) is 0 Å². The van der Waals surface area contributed by atoms with Gasteiger partial charge in [0, 0.05) is 37.0 Å². The molecule has 2 aromatic carbocycles. The van der Waals surface area contributed by atoms with Crippen LogP contribution >= 0.6 is 0 Å². The number of carbonyl (C=O) groups excluding carboxylic acids is 1. The van der Waals surface area contributed by atoms with E-state index in [1.807, 2.05) is 26.2 Å². The highest BCUT2D eigenvalue weighted by atomic mass is 16.5. The van der Waals surface area contributed by atoms with E-state index >= 15 is 0 Å². The zero-order valence-electron chi connectivity index (χ0n) is 33.8. The van der Waals surface area contributed by atoms with Crippen molar-refractivity contribution >= 4 is 11.7 Å². The fraction of sp³-hybridized carbons (Fsp3) is 0.583. The second-order valence-electron chi connectivity index (χ2n) is 16.8. The molecule has 2 aromatic rings. The number of ether oxygens (including phenoxy) is 2. The van der Waals surface area contributed by atoms with E-state index in [0.717, 1.165) is 86.5 Å². The number of aliphatic imine (C=N–C) groups is 1. The molecule has 2 fully saturated rings. The Morgan fingerprint density at radius 2 is 1.82 bits per heavy atom. The van der Waals surface area contributed by atoms with Gasteiger partial charge in [-0.25, -0.2) is 4.99 Å². The van der Waals surface area contributed by atoms with Gasteiger partial charge in [0.05, 0.1) is 30.8 Å². The molecular formula is C48H63N3O5. The van der Waals surface area contributed by atoms with Gasteiger partial charge in [0.2, 0.25) is 0 Å². The second kappa shape index (κ2) is 19.8. The highest BCUT2D eigenvalue weighted by Gasteiger charge is 2.45. The number of ketones is 1. The van der Waals surface area contributed by atoms with Crippen LogP contribution in [0.1, 0.15) is 125 Å². The minimum Gasteiger partial charge on any atom is -0.504 e. The van der Waals surface area contributed by atoms with Crippen molar-refractivity contribution in [2.24, 2.45) is 46.0 Å². The molecule has 6 N–H and O–H groups in total. The first kappa shape index (κ1) is 41.4. The number of phenols is 1. The van der Waals surface area contributed by atoms with E-state index in [1.165, 1.54) is 5.56 Å². The summed E-state index contributed by atoms with van der Waals surface area (Å²) in [5, 5.41) is 22.6. The number of hydrogen-bond donors (Lipinski definition) is 4. The van der Waals surface area contributed by atoms with Gasteiger partial charge in [0.1, 0.15) is 0 Å². The number of aryl methyl sites for hydroxylation is 1. The number of fused-ring (bicyclic) bond motifs is 6. The van der Waals surface area contributed by atoms with Crippen LogP contribution in [0.5, 0.6) is 11.5 Å². The first-order chi connectivity index (χ1) is 27.2. The lowest BCUT2D eigenvalue weighted by molar-refractivity contribution is -0.114. The van der Waals surface area contributed by atoms with E-state index in [4.69, 9.17) is 25.9 Å². The monoisotopic (exact) mass is 761 g/mol. The molecule has 0 saturated heterocycles. The summed E-state index contributed by atoms with van der Waals surface area (Å²) in [4.78, 5) is 18.4. The number of guanidine groups is 1. The van der Waals surface area contributed by atoms with Gasteiger partial charge in [-0.15, -0.1) is 5.92 Å². The predicted molar refractivity (Wildman–Crippen MR) is 223 cm³/mol. The molecule has 4 bridgehead atoms. The number of phenolic OH excluding ortho intramolecular Hbond substituents is 1. The summed E-state index contributed by atoms with van der Waals surface area (Å²) in [6, 6.07) is 12.1. The number of aromatic hydroxyl groups is 1. The quantitative estimate of drug-likeness (QED) is 0.0708. The van der Waals surface area contributed by atoms with Gasteiger partial charge in [-0.2, -0.15) is 0 Å². The third kappa shape index (κ3) is 10.2. The summed E-state index contributed by atoms with van der Waals surface area (Å²) in [5.41, 5.74) is 16.8. The summed E-state index contributed by atoms with van der Waals surface area (Å²) in [5.74, 6) is 15.5. The van der Waals surface area contributed by atoms with Gasteiger partial charge >= 0.3 is 0 Å². The molecule has 0 heterocycles. The van der Waals surface area contributed by atoms with Crippen molar-refractivity contribution in [3.05, 3.63) is 70.3 Å². The summed E-state index contributed by atoms with van der Waals surface area (Å²) >= 11 is 0. The van der Waals surface area contributed by atoms with E-state index in [0.29, 0.717) is 37.4 Å². The Hall–Kier alpha value is -4.24. The molecular weight excluding hydrogens is 699 g/mol. The first-order valence-electron chi connectivity index (χ1n) is 21.2. The van der Waals surface area contributed by atoms with Gasteiger partial charge in [-0.3, -0.25) is 4.79 Å². The van der Waals surface area contributed by atoms with Crippen LogP contribution in [0.15, 0.2) is 53.0 Å². The van der Waals surface area contributed by atoms with Crippen molar-refractivity contribution in [2.75, 3.05) is 13.7 Å². The smallest absolute Gasteiger partial charge is 0.186 e. The number of nitrogens with two attached hydrogens (primary N) is 2. The van der Waals surface area contributed by atoms with Gasteiger partial charge in [-0.05, 0) is 130 Å². The summed E-state index contributed by atoms with van der Waals surface area (Å²) in [6.07, 6.45) is 13.7. The zero-order chi connectivity index (χ0) is 39.6. The van der Waals surface area contributed by atoms with E-state index in [-0.39, 0.29) is 78.4 Å². The maximum absolute atomic E-state index is 13.5. The van der Waals surface area contributed by atoms with Crippen LogP contribution in [0.4, 0.5) is 0 Å². The molecule has 0 radical (unpaired) electrons. The Morgan fingerprint density at radius 1 is 1.04 bits per heavy atom. The van der Waals surface area contributed by atoms with Crippen LogP contribution in [0.2, 0.25) is 0 Å². The Morgan fingerprint density at radius 3 is 2.54 bits per heavy atom. The lowest BCUT2D eigenvalue weighted by Gasteiger charge is -2.45. The number of aliphatic hydroxyl groups is 1. The van der Waals surface area contributed by atoms with E-state index in [2.05, 4.69) is 54.9 Å². The normalized spacial score (nSPS) is 27.8. The Labute approximate surface area is 334 Å². The van der Waals surface area contributed by atoms with Crippen LogP contribution in [-0.4, -0.2) is 53.9 Å². The molecule has 0 aliphatic heterocycles. The average molecular weight is 762 g/mol. The van der Waals surface area contributed by atoms with Crippen molar-refractivity contribution in [1.82, 2.24) is 0 Å². The van der Waals surface area contributed by atoms with Crippen molar-refractivity contribution in [3.63, 3.8) is 0 Å². The van der Waals surface area contributed by atoms with Crippen molar-refractivity contribution in [1.29, 1.82) is 0 Å². The number of allylic oxidation sites excluding steroid dienone is 1. The van der Waals surface area contributed by atoms with Gasteiger partial charge in [-0.1, -0.05) is 68.4 Å². The Bertz CT molecular complexity index is 1840. The maximum atomic E-state index is 13.5. The van der Waals surface area contributed by atoms with E-state index in [9.17, 15) is 15.0 Å². The molecule has 300 valence electrons. The van der Waals surface area contributed by atoms with E-state index in [1.54, 1.807) is 6.08 Å². The number of methoxy groups -OCH3 is 1. The van der Waals surface area contributed by atoms with Crippen LogP contribution < -0.4 is 16.2 Å². The molecule has 5 aliphatic carbocycles. The molecule has 8 atom stereocenters. The molecule has 8 nitrogen and oxygen atoms in total. The number of rotatable bonds is 13. The van der Waals surface area contributed by atoms with Gasteiger partial charge < -0.3 is 31.2 Å². The largest absolute Gasteiger partial charge is 0.504 e. The number of aliphatic hydroxyl groups excluding tert-OH is 1. The summed E-state index contributed by atoms with van der Waals surface area (Å²) in [6.45, 7) is 4.21.